The topological polar surface area (TPSA) is 32.3 Å². The standard InChI is InChI=1S/C18H22N2OS.ClH/c1-20(11-13-12-22-16-5-3-2-4-14(13)16)17(21)15-10-18(15)6-8-19-9-7-18;/h2-5,12,15,19H,6-11H2,1H3;1H. The van der Waals surface area contributed by atoms with Gasteiger partial charge in [-0.2, -0.15) is 0 Å². The van der Waals surface area contributed by atoms with Crippen molar-refractivity contribution in [3.8, 4) is 0 Å². The maximum absolute atomic E-state index is 12.7. The minimum absolute atomic E-state index is 0. The summed E-state index contributed by atoms with van der Waals surface area (Å²) in [4.78, 5) is 14.7. The van der Waals surface area contributed by atoms with Crippen LogP contribution in [0.5, 0.6) is 0 Å². The van der Waals surface area contributed by atoms with Crippen LogP contribution >= 0.6 is 23.7 Å². The van der Waals surface area contributed by atoms with Gasteiger partial charge in [-0.05, 0) is 60.2 Å². The molecule has 4 rings (SSSR count). The Morgan fingerprint density at radius 1 is 1.35 bits per heavy atom. The van der Waals surface area contributed by atoms with E-state index in [1.807, 2.05) is 11.9 Å². The van der Waals surface area contributed by atoms with Crippen LogP contribution in [-0.2, 0) is 11.3 Å². The third-order valence-electron chi connectivity index (χ3n) is 5.43. The number of fused-ring (bicyclic) bond motifs is 1. The van der Waals surface area contributed by atoms with Gasteiger partial charge in [-0.3, -0.25) is 4.79 Å². The van der Waals surface area contributed by atoms with Gasteiger partial charge < -0.3 is 10.2 Å². The number of thiophene rings is 1. The lowest BCUT2D eigenvalue weighted by Crippen LogP contribution is -2.34. The monoisotopic (exact) mass is 350 g/mol. The second-order valence-electron chi connectivity index (χ2n) is 6.82. The normalized spacial score (nSPS) is 21.9. The Morgan fingerprint density at radius 3 is 2.87 bits per heavy atom. The molecule has 3 nitrogen and oxygen atoms in total. The number of hydrogen-bond acceptors (Lipinski definition) is 3. The molecule has 1 aliphatic carbocycles. The first kappa shape index (κ1) is 16.7. The highest BCUT2D eigenvalue weighted by Crippen LogP contribution is 2.59. The average molecular weight is 351 g/mol. The van der Waals surface area contributed by atoms with Gasteiger partial charge in [0.15, 0.2) is 0 Å². The van der Waals surface area contributed by atoms with Gasteiger partial charge in [0.05, 0.1) is 0 Å². The largest absolute Gasteiger partial charge is 0.341 e. The smallest absolute Gasteiger partial charge is 0.226 e. The molecule has 1 atom stereocenters. The predicted molar refractivity (Wildman–Crippen MR) is 98.2 cm³/mol. The van der Waals surface area contributed by atoms with Crippen LogP contribution in [0.4, 0.5) is 0 Å². The highest BCUT2D eigenvalue weighted by atomic mass is 35.5. The molecule has 23 heavy (non-hydrogen) atoms. The first-order valence-electron chi connectivity index (χ1n) is 8.10. The first-order chi connectivity index (χ1) is 10.7. The maximum atomic E-state index is 12.7. The molecular formula is C18H23ClN2OS. The minimum Gasteiger partial charge on any atom is -0.341 e. The number of amides is 1. The average Bonchev–Trinajstić information content (AvgIpc) is 3.08. The van der Waals surface area contributed by atoms with Gasteiger partial charge >= 0.3 is 0 Å². The number of piperidine rings is 1. The van der Waals surface area contributed by atoms with Crippen molar-refractivity contribution in [3.05, 3.63) is 35.2 Å². The Hall–Kier alpha value is -1.10. The van der Waals surface area contributed by atoms with E-state index in [1.54, 1.807) is 11.3 Å². The lowest BCUT2D eigenvalue weighted by molar-refractivity contribution is -0.132. The summed E-state index contributed by atoms with van der Waals surface area (Å²) in [6.45, 7) is 2.87. The van der Waals surface area contributed by atoms with Crippen LogP contribution in [-0.4, -0.2) is 30.9 Å². The number of carbonyl (C=O) groups excluding carboxylic acids is 1. The van der Waals surface area contributed by atoms with Crippen LogP contribution in [0, 0.1) is 11.3 Å². The van der Waals surface area contributed by atoms with Crippen molar-refractivity contribution in [1.82, 2.24) is 10.2 Å². The fraction of sp³-hybridized carbons (Fsp3) is 0.500. The molecule has 1 saturated heterocycles. The van der Waals surface area contributed by atoms with Crippen molar-refractivity contribution in [1.29, 1.82) is 0 Å². The molecule has 1 aromatic heterocycles. The number of rotatable bonds is 3. The number of nitrogens with zero attached hydrogens (tertiary/aromatic N) is 1. The van der Waals surface area contributed by atoms with E-state index in [2.05, 4.69) is 35.0 Å². The van der Waals surface area contributed by atoms with Gasteiger partial charge in [-0.15, -0.1) is 23.7 Å². The molecule has 1 aromatic carbocycles. The molecule has 1 unspecified atom stereocenters. The molecule has 1 N–H and O–H groups in total. The van der Waals surface area contributed by atoms with Crippen molar-refractivity contribution < 1.29 is 4.79 Å². The summed E-state index contributed by atoms with van der Waals surface area (Å²) in [5, 5.41) is 6.89. The van der Waals surface area contributed by atoms with Gasteiger partial charge in [-0.1, -0.05) is 18.2 Å². The third-order valence-corrected chi connectivity index (χ3v) is 6.44. The van der Waals surface area contributed by atoms with E-state index in [-0.39, 0.29) is 18.3 Å². The van der Waals surface area contributed by atoms with Gasteiger partial charge in [0.2, 0.25) is 5.91 Å². The molecule has 124 valence electrons. The van der Waals surface area contributed by atoms with Crippen LogP contribution in [0.25, 0.3) is 10.1 Å². The molecule has 2 fully saturated rings. The lowest BCUT2D eigenvalue weighted by Gasteiger charge is -2.25. The molecule has 1 saturated carbocycles. The Balaban J connectivity index is 0.00000156. The summed E-state index contributed by atoms with van der Waals surface area (Å²) >= 11 is 1.77. The zero-order chi connectivity index (χ0) is 15.2. The highest BCUT2D eigenvalue weighted by Gasteiger charge is 2.58. The fourth-order valence-electron chi connectivity index (χ4n) is 3.93. The molecule has 2 aliphatic rings. The molecular weight excluding hydrogens is 328 g/mol. The van der Waals surface area contributed by atoms with E-state index in [9.17, 15) is 4.79 Å². The summed E-state index contributed by atoms with van der Waals surface area (Å²) in [6, 6.07) is 8.45. The van der Waals surface area contributed by atoms with E-state index in [0.717, 1.165) is 26.1 Å². The summed E-state index contributed by atoms with van der Waals surface area (Å²) in [7, 11) is 1.96. The minimum atomic E-state index is 0. The second-order valence-corrected chi connectivity index (χ2v) is 7.73. The number of carbonyl (C=O) groups is 1. The van der Waals surface area contributed by atoms with Crippen LogP contribution in [0.3, 0.4) is 0 Å². The van der Waals surface area contributed by atoms with E-state index >= 15 is 0 Å². The van der Waals surface area contributed by atoms with Gasteiger partial charge in [0.1, 0.15) is 0 Å². The molecule has 5 heteroatoms. The molecule has 1 spiro atoms. The van der Waals surface area contributed by atoms with Gasteiger partial charge in [-0.25, -0.2) is 0 Å². The quantitative estimate of drug-likeness (QED) is 0.916. The Kier molecular flexibility index (Phi) is 4.68. The predicted octanol–water partition coefficient (Wildman–Crippen LogP) is 3.67. The van der Waals surface area contributed by atoms with Gasteiger partial charge in [0, 0.05) is 24.2 Å². The summed E-state index contributed by atoms with van der Waals surface area (Å²) < 4.78 is 1.31. The van der Waals surface area contributed by atoms with E-state index in [4.69, 9.17) is 0 Å². The summed E-state index contributed by atoms with van der Waals surface area (Å²) in [5.74, 6) is 0.613. The molecule has 0 radical (unpaired) electrons. The Morgan fingerprint density at radius 2 is 2.09 bits per heavy atom. The summed E-state index contributed by atoms with van der Waals surface area (Å²) in [6.07, 6.45) is 3.43. The molecule has 2 heterocycles. The fourth-order valence-corrected chi connectivity index (χ4v) is 4.88. The lowest BCUT2D eigenvalue weighted by atomic mass is 9.91. The number of hydrogen-bond donors (Lipinski definition) is 1. The molecule has 1 aliphatic heterocycles. The van der Waals surface area contributed by atoms with E-state index in [1.165, 1.54) is 28.5 Å². The van der Waals surface area contributed by atoms with Crippen molar-refractivity contribution in [3.63, 3.8) is 0 Å². The zero-order valence-corrected chi connectivity index (χ0v) is 15.0. The number of halogens is 1. The van der Waals surface area contributed by atoms with Crippen LogP contribution in [0.2, 0.25) is 0 Å². The van der Waals surface area contributed by atoms with E-state index in [0.29, 0.717) is 11.3 Å². The third kappa shape index (κ3) is 3.00. The van der Waals surface area contributed by atoms with Crippen LogP contribution in [0.1, 0.15) is 24.8 Å². The molecule has 1 amide bonds. The van der Waals surface area contributed by atoms with Crippen LogP contribution < -0.4 is 5.32 Å². The van der Waals surface area contributed by atoms with Crippen molar-refractivity contribution in [2.24, 2.45) is 11.3 Å². The SMILES string of the molecule is CN(Cc1csc2ccccc12)C(=O)C1CC12CCNCC2.Cl. The Bertz CT molecular complexity index is 708. The molecule has 0 bridgehead atoms. The maximum Gasteiger partial charge on any atom is 0.226 e. The van der Waals surface area contributed by atoms with Crippen LogP contribution in [0.15, 0.2) is 29.6 Å². The number of benzene rings is 1. The number of nitrogens with one attached hydrogen (secondary N) is 1. The van der Waals surface area contributed by atoms with Crippen molar-refractivity contribution >= 4 is 39.7 Å². The second kappa shape index (κ2) is 6.42. The zero-order valence-electron chi connectivity index (χ0n) is 13.4. The molecule has 2 aromatic rings. The first-order valence-corrected chi connectivity index (χ1v) is 8.98. The van der Waals surface area contributed by atoms with Gasteiger partial charge in [0.25, 0.3) is 0 Å². The van der Waals surface area contributed by atoms with Crippen molar-refractivity contribution in [2.75, 3.05) is 20.1 Å². The van der Waals surface area contributed by atoms with E-state index < -0.39 is 0 Å². The Labute approximate surface area is 147 Å². The van der Waals surface area contributed by atoms with Crippen molar-refractivity contribution in [2.45, 2.75) is 25.8 Å². The highest BCUT2D eigenvalue weighted by molar-refractivity contribution is 7.17. The summed E-state index contributed by atoms with van der Waals surface area (Å²) in [5.41, 5.74) is 1.60.